The van der Waals surface area contributed by atoms with Crippen molar-refractivity contribution in [1.82, 2.24) is 4.98 Å². The largest absolute Gasteiger partial charge is 0.307 e. The Bertz CT molecular complexity index is 1070. The number of halogens is 2. The fourth-order valence-corrected chi connectivity index (χ4v) is 2.95. The van der Waals surface area contributed by atoms with Gasteiger partial charge in [0.2, 0.25) is 0 Å². The van der Waals surface area contributed by atoms with Gasteiger partial charge in [-0.2, -0.15) is 0 Å². The molecule has 0 aliphatic heterocycles. The van der Waals surface area contributed by atoms with E-state index in [1.54, 1.807) is 54.7 Å². The molecule has 2 aromatic carbocycles. The molecular weight excluding hydrogens is 442 g/mol. The van der Waals surface area contributed by atoms with E-state index >= 15 is 0 Å². The SMILES string of the molecule is [C-]#[N+]c1ccc(C(=O)Cc2ccc(Cl)cc2C(=O)Nc2ccc(Br)cn2)cc1. The van der Waals surface area contributed by atoms with Crippen molar-refractivity contribution in [2.45, 2.75) is 6.42 Å². The van der Waals surface area contributed by atoms with Crippen LogP contribution < -0.4 is 5.32 Å². The highest BCUT2D eigenvalue weighted by Crippen LogP contribution is 2.21. The molecule has 7 heteroatoms. The van der Waals surface area contributed by atoms with Gasteiger partial charge >= 0.3 is 0 Å². The van der Waals surface area contributed by atoms with Crippen LogP contribution in [-0.4, -0.2) is 16.7 Å². The molecule has 0 spiro atoms. The molecule has 0 fully saturated rings. The minimum absolute atomic E-state index is 0.0328. The second-order valence-electron chi connectivity index (χ2n) is 5.88. The van der Waals surface area contributed by atoms with Crippen LogP contribution in [0.15, 0.2) is 65.3 Å². The number of nitrogens with zero attached hydrogens (tertiary/aromatic N) is 2. The molecule has 0 bridgehead atoms. The van der Waals surface area contributed by atoms with Crippen molar-refractivity contribution >= 4 is 50.7 Å². The third kappa shape index (κ3) is 4.83. The number of aromatic nitrogens is 1. The molecule has 0 radical (unpaired) electrons. The Balaban J connectivity index is 1.83. The Hall–Kier alpha value is -3.01. The summed E-state index contributed by atoms with van der Waals surface area (Å²) in [5.74, 6) is -0.168. The minimum atomic E-state index is -0.400. The molecule has 1 N–H and O–H groups in total. The first-order valence-corrected chi connectivity index (χ1v) is 9.35. The van der Waals surface area contributed by atoms with E-state index in [0.29, 0.717) is 33.2 Å². The van der Waals surface area contributed by atoms with Crippen LogP contribution in [0, 0.1) is 6.57 Å². The van der Waals surface area contributed by atoms with Gasteiger partial charge in [-0.05, 0) is 45.8 Å². The van der Waals surface area contributed by atoms with E-state index in [-0.39, 0.29) is 12.2 Å². The van der Waals surface area contributed by atoms with Gasteiger partial charge in [-0.25, -0.2) is 9.83 Å². The number of anilines is 1. The zero-order chi connectivity index (χ0) is 20.1. The zero-order valence-corrected chi connectivity index (χ0v) is 16.8. The number of pyridine rings is 1. The lowest BCUT2D eigenvalue weighted by Gasteiger charge is -2.10. The van der Waals surface area contributed by atoms with E-state index < -0.39 is 5.91 Å². The first-order valence-electron chi connectivity index (χ1n) is 8.18. The van der Waals surface area contributed by atoms with Crippen molar-refractivity contribution in [1.29, 1.82) is 0 Å². The molecule has 3 rings (SSSR count). The summed E-state index contributed by atoms with van der Waals surface area (Å²) in [5, 5.41) is 3.10. The summed E-state index contributed by atoms with van der Waals surface area (Å²) in [6.45, 7) is 6.98. The van der Waals surface area contributed by atoms with Crippen LogP contribution in [0.2, 0.25) is 5.02 Å². The molecule has 1 amide bonds. The van der Waals surface area contributed by atoms with Gasteiger partial charge in [-0.3, -0.25) is 9.59 Å². The molecule has 5 nitrogen and oxygen atoms in total. The third-order valence-corrected chi connectivity index (χ3v) is 4.66. The molecule has 3 aromatic rings. The van der Waals surface area contributed by atoms with E-state index in [2.05, 4.69) is 31.1 Å². The predicted molar refractivity (Wildman–Crippen MR) is 112 cm³/mol. The zero-order valence-electron chi connectivity index (χ0n) is 14.4. The van der Waals surface area contributed by atoms with E-state index in [0.717, 1.165) is 4.47 Å². The van der Waals surface area contributed by atoms with Crippen LogP contribution in [0.4, 0.5) is 11.5 Å². The van der Waals surface area contributed by atoms with Crippen LogP contribution in [-0.2, 0) is 6.42 Å². The maximum atomic E-state index is 12.7. The standard InChI is InChI=1S/C21H13BrClN3O2/c1-24-17-7-3-13(4-8-17)19(27)10-14-2-6-16(23)11-18(14)21(28)26-20-9-5-15(22)12-25-20/h2-9,11-12H,10H2,(H,25,26,28). The van der Waals surface area contributed by atoms with Crippen molar-refractivity contribution in [2.24, 2.45) is 0 Å². The summed E-state index contributed by atoms with van der Waals surface area (Å²) in [7, 11) is 0. The molecule has 0 aliphatic rings. The van der Waals surface area contributed by atoms with E-state index in [4.69, 9.17) is 18.2 Å². The van der Waals surface area contributed by atoms with Gasteiger partial charge in [0.25, 0.3) is 5.91 Å². The van der Waals surface area contributed by atoms with Gasteiger partial charge in [-0.1, -0.05) is 41.9 Å². The predicted octanol–water partition coefficient (Wildman–Crippen LogP) is 5.73. The Morgan fingerprint density at radius 1 is 1.11 bits per heavy atom. The molecule has 0 saturated heterocycles. The van der Waals surface area contributed by atoms with Crippen LogP contribution in [0.3, 0.4) is 0 Å². The fourth-order valence-electron chi connectivity index (χ4n) is 2.54. The number of hydrogen-bond acceptors (Lipinski definition) is 3. The number of carbonyl (C=O) groups is 2. The lowest BCUT2D eigenvalue weighted by molar-refractivity contribution is 0.0992. The highest BCUT2D eigenvalue weighted by atomic mass is 79.9. The highest BCUT2D eigenvalue weighted by Gasteiger charge is 2.16. The Morgan fingerprint density at radius 3 is 2.50 bits per heavy atom. The minimum Gasteiger partial charge on any atom is -0.307 e. The first-order chi connectivity index (χ1) is 13.5. The highest BCUT2D eigenvalue weighted by molar-refractivity contribution is 9.10. The van der Waals surface area contributed by atoms with Crippen LogP contribution in [0.5, 0.6) is 0 Å². The number of carbonyl (C=O) groups excluding carboxylic acids is 2. The topological polar surface area (TPSA) is 63.4 Å². The Labute approximate surface area is 175 Å². The summed E-state index contributed by atoms with van der Waals surface area (Å²) in [6, 6.07) is 14.7. The molecular formula is C21H13BrClN3O2. The summed E-state index contributed by atoms with van der Waals surface area (Å²) >= 11 is 9.35. The molecule has 1 aromatic heterocycles. The molecule has 0 atom stereocenters. The molecule has 1 heterocycles. The van der Waals surface area contributed by atoms with Crippen molar-refractivity contribution in [3.63, 3.8) is 0 Å². The van der Waals surface area contributed by atoms with Gasteiger partial charge < -0.3 is 5.32 Å². The van der Waals surface area contributed by atoms with E-state index in [9.17, 15) is 9.59 Å². The average molecular weight is 455 g/mol. The summed E-state index contributed by atoms with van der Waals surface area (Å²) in [5.41, 5.74) is 1.80. The van der Waals surface area contributed by atoms with Crippen LogP contribution in [0.1, 0.15) is 26.3 Å². The third-order valence-electron chi connectivity index (χ3n) is 3.95. The van der Waals surface area contributed by atoms with Crippen molar-refractivity contribution in [2.75, 3.05) is 5.32 Å². The fraction of sp³-hybridized carbons (Fsp3) is 0.0476. The number of rotatable bonds is 5. The van der Waals surface area contributed by atoms with E-state index in [1.807, 2.05) is 0 Å². The van der Waals surface area contributed by atoms with Gasteiger partial charge in [0.05, 0.1) is 6.57 Å². The van der Waals surface area contributed by atoms with Gasteiger partial charge in [-0.15, -0.1) is 0 Å². The molecule has 0 unspecified atom stereocenters. The number of benzene rings is 2. The maximum Gasteiger partial charge on any atom is 0.257 e. The lowest BCUT2D eigenvalue weighted by Crippen LogP contribution is -2.16. The van der Waals surface area contributed by atoms with Crippen molar-refractivity contribution in [3.05, 3.63) is 98.4 Å². The summed E-state index contributed by atoms with van der Waals surface area (Å²) in [6.07, 6.45) is 1.61. The Morgan fingerprint density at radius 2 is 1.86 bits per heavy atom. The second kappa shape index (κ2) is 8.79. The molecule has 28 heavy (non-hydrogen) atoms. The molecule has 0 aliphatic carbocycles. The average Bonchev–Trinajstić information content (AvgIpc) is 2.71. The summed E-state index contributed by atoms with van der Waals surface area (Å²) in [4.78, 5) is 32.7. The quantitative estimate of drug-likeness (QED) is 0.396. The monoisotopic (exact) mass is 453 g/mol. The number of amides is 1. The Kier molecular flexibility index (Phi) is 6.19. The first kappa shape index (κ1) is 19.7. The van der Waals surface area contributed by atoms with Crippen molar-refractivity contribution < 1.29 is 9.59 Å². The lowest BCUT2D eigenvalue weighted by atomic mass is 9.98. The molecule has 138 valence electrons. The number of nitrogens with one attached hydrogen (secondary N) is 1. The van der Waals surface area contributed by atoms with Crippen molar-refractivity contribution in [3.8, 4) is 0 Å². The molecule has 0 saturated carbocycles. The van der Waals surface area contributed by atoms with Crippen LogP contribution >= 0.6 is 27.5 Å². The maximum absolute atomic E-state index is 12.7. The smallest absolute Gasteiger partial charge is 0.257 e. The number of Topliss-reactive ketones (excluding diaryl/α,β-unsaturated/α-hetero) is 1. The normalized spacial score (nSPS) is 10.2. The second-order valence-corrected chi connectivity index (χ2v) is 7.23. The summed E-state index contributed by atoms with van der Waals surface area (Å²) < 4.78 is 0.795. The number of ketones is 1. The van der Waals surface area contributed by atoms with E-state index in [1.165, 1.54) is 6.07 Å². The van der Waals surface area contributed by atoms with Gasteiger partial charge in [0.15, 0.2) is 11.5 Å². The number of hydrogen-bond donors (Lipinski definition) is 1. The van der Waals surface area contributed by atoms with Gasteiger partial charge in [0, 0.05) is 33.2 Å². The van der Waals surface area contributed by atoms with Crippen LogP contribution in [0.25, 0.3) is 4.85 Å². The van der Waals surface area contributed by atoms with Gasteiger partial charge in [0.1, 0.15) is 5.82 Å².